The maximum absolute atomic E-state index is 12.9. The van der Waals surface area contributed by atoms with Gasteiger partial charge in [-0.25, -0.2) is 9.38 Å². The highest BCUT2D eigenvalue weighted by Gasteiger charge is 2.03. The summed E-state index contributed by atoms with van der Waals surface area (Å²) in [4.78, 5) is 14.7. The number of nitrogens with one attached hydrogen (secondary N) is 3. The van der Waals surface area contributed by atoms with E-state index < -0.39 is 4.92 Å². The zero-order chi connectivity index (χ0) is 18.8. The number of guanidine groups is 1. The van der Waals surface area contributed by atoms with Gasteiger partial charge in [0.1, 0.15) is 5.82 Å². The molecule has 7 nitrogen and oxygen atoms in total. The van der Waals surface area contributed by atoms with E-state index in [1.165, 1.54) is 24.3 Å². The van der Waals surface area contributed by atoms with Crippen LogP contribution in [0.25, 0.3) is 0 Å². The van der Waals surface area contributed by atoms with E-state index in [1.54, 1.807) is 24.3 Å². The van der Waals surface area contributed by atoms with Crippen LogP contribution in [0.3, 0.4) is 0 Å². The Morgan fingerprint density at radius 3 is 2.38 bits per heavy atom. The van der Waals surface area contributed by atoms with E-state index in [4.69, 9.17) is 0 Å². The van der Waals surface area contributed by atoms with Crippen LogP contribution in [0.4, 0.5) is 15.8 Å². The highest BCUT2D eigenvalue weighted by molar-refractivity contribution is 5.79. The number of anilines is 1. The van der Waals surface area contributed by atoms with Crippen molar-refractivity contribution in [3.63, 3.8) is 0 Å². The number of halogens is 1. The van der Waals surface area contributed by atoms with Crippen LogP contribution in [-0.4, -0.2) is 30.5 Å². The van der Waals surface area contributed by atoms with E-state index in [2.05, 4.69) is 20.9 Å². The summed E-state index contributed by atoms with van der Waals surface area (Å²) in [5.74, 6) is 0.405. The fourth-order valence-electron chi connectivity index (χ4n) is 2.19. The van der Waals surface area contributed by atoms with Crippen molar-refractivity contribution < 1.29 is 9.31 Å². The molecule has 0 heterocycles. The lowest BCUT2D eigenvalue weighted by Crippen LogP contribution is -2.39. The van der Waals surface area contributed by atoms with Crippen molar-refractivity contribution >= 4 is 17.3 Å². The second-order valence-corrected chi connectivity index (χ2v) is 5.48. The first-order valence-electron chi connectivity index (χ1n) is 8.33. The lowest BCUT2D eigenvalue weighted by atomic mass is 10.2. The molecular weight excluding hydrogens is 337 g/mol. The summed E-state index contributed by atoms with van der Waals surface area (Å²) in [6.07, 6.45) is 0. The summed E-state index contributed by atoms with van der Waals surface area (Å²) in [6.45, 7) is 4.39. The summed E-state index contributed by atoms with van der Waals surface area (Å²) < 4.78 is 12.9. The lowest BCUT2D eigenvalue weighted by Gasteiger charge is -2.12. The van der Waals surface area contributed by atoms with Crippen LogP contribution >= 0.6 is 0 Å². The third-order valence-electron chi connectivity index (χ3n) is 3.50. The molecule has 0 aliphatic rings. The van der Waals surface area contributed by atoms with Crippen LogP contribution in [-0.2, 0) is 6.54 Å². The summed E-state index contributed by atoms with van der Waals surface area (Å²) in [7, 11) is 0. The molecule has 0 fully saturated rings. The van der Waals surface area contributed by atoms with Gasteiger partial charge < -0.3 is 16.0 Å². The Morgan fingerprint density at radius 2 is 1.77 bits per heavy atom. The molecule has 26 heavy (non-hydrogen) atoms. The highest BCUT2D eigenvalue weighted by Crippen LogP contribution is 2.14. The minimum absolute atomic E-state index is 0.0658. The van der Waals surface area contributed by atoms with E-state index in [-0.39, 0.29) is 11.5 Å². The van der Waals surface area contributed by atoms with Crippen molar-refractivity contribution in [3.05, 3.63) is 70.0 Å². The van der Waals surface area contributed by atoms with E-state index >= 15 is 0 Å². The smallest absolute Gasteiger partial charge is 0.269 e. The first-order valence-corrected chi connectivity index (χ1v) is 8.33. The predicted octanol–water partition coefficient (Wildman–Crippen LogP) is 2.90. The molecule has 0 aliphatic heterocycles. The Morgan fingerprint density at radius 1 is 1.08 bits per heavy atom. The van der Waals surface area contributed by atoms with Crippen LogP contribution in [0.2, 0.25) is 0 Å². The van der Waals surface area contributed by atoms with Crippen LogP contribution in [0.15, 0.2) is 53.5 Å². The van der Waals surface area contributed by atoms with Crippen LogP contribution in [0.1, 0.15) is 12.5 Å². The van der Waals surface area contributed by atoms with E-state index in [1.807, 2.05) is 6.92 Å². The van der Waals surface area contributed by atoms with Crippen LogP contribution < -0.4 is 16.0 Å². The van der Waals surface area contributed by atoms with E-state index in [0.29, 0.717) is 25.6 Å². The van der Waals surface area contributed by atoms with Gasteiger partial charge in [0.15, 0.2) is 5.96 Å². The number of hydrogen-bond donors (Lipinski definition) is 3. The normalized spacial score (nSPS) is 11.1. The third kappa shape index (κ3) is 6.39. The SMILES string of the molecule is CCNC(=NCc1ccc(F)cc1)NCCNc1ccc([N+](=O)[O-])cc1. The molecule has 3 N–H and O–H groups in total. The topological polar surface area (TPSA) is 91.6 Å². The van der Waals surface area contributed by atoms with Gasteiger partial charge in [-0.05, 0) is 36.8 Å². The summed E-state index contributed by atoms with van der Waals surface area (Å²) in [6, 6.07) is 12.5. The number of nitro benzene ring substituents is 1. The highest BCUT2D eigenvalue weighted by atomic mass is 19.1. The van der Waals surface area contributed by atoms with Gasteiger partial charge in [-0.15, -0.1) is 0 Å². The van der Waals surface area contributed by atoms with Crippen molar-refractivity contribution in [1.29, 1.82) is 0 Å². The fraction of sp³-hybridized carbons (Fsp3) is 0.278. The van der Waals surface area contributed by atoms with Crippen molar-refractivity contribution in [1.82, 2.24) is 10.6 Å². The standard InChI is InChI=1S/C18H22FN5O2/c1-2-20-18(23-13-14-3-5-15(19)6-4-14)22-12-11-21-16-7-9-17(10-8-16)24(25)26/h3-10,21H,2,11-13H2,1H3,(H2,20,22,23). The summed E-state index contributed by atoms with van der Waals surface area (Å²) in [5.41, 5.74) is 1.80. The van der Waals surface area contributed by atoms with Crippen molar-refractivity contribution in [3.8, 4) is 0 Å². The van der Waals surface area contributed by atoms with Crippen LogP contribution in [0, 0.1) is 15.9 Å². The molecule has 0 saturated carbocycles. The molecule has 138 valence electrons. The van der Waals surface area contributed by atoms with Gasteiger partial charge in [0.05, 0.1) is 11.5 Å². The van der Waals surface area contributed by atoms with E-state index in [9.17, 15) is 14.5 Å². The molecule has 0 aliphatic carbocycles. The minimum atomic E-state index is -0.425. The number of hydrogen-bond acceptors (Lipinski definition) is 4. The summed E-state index contributed by atoms with van der Waals surface area (Å²) in [5, 5.41) is 20.1. The molecule has 0 radical (unpaired) electrons. The Balaban J connectivity index is 1.79. The molecule has 8 heteroatoms. The zero-order valence-electron chi connectivity index (χ0n) is 14.5. The Bertz CT molecular complexity index is 732. The molecule has 2 aromatic rings. The Kier molecular flexibility index (Phi) is 7.35. The number of rotatable bonds is 8. The van der Waals surface area contributed by atoms with Gasteiger partial charge in [-0.2, -0.15) is 0 Å². The van der Waals surface area contributed by atoms with Gasteiger partial charge in [0, 0.05) is 37.5 Å². The van der Waals surface area contributed by atoms with Crippen LogP contribution in [0.5, 0.6) is 0 Å². The molecule has 0 aromatic heterocycles. The maximum Gasteiger partial charge on any atom is 0.269 e. The lowest BCUT2D eigenvalue weighted by molar-refractivity contribution is -0.384. The molecule has 0 amide bonds. The Hall–Kier alpha value is -3.16. The van der Waals surface area contributed by atoms with Crippen molar-refractivity contribution in [2.75, 3.05) is 25.0 Å². The molecule has 2 rings (SSSR count). The number of non-ortho nitro benzene ring substituents is 1. The largest absolute Gasteiger partial charge is 0.383 e. The second kappa shape index (κ2) is 9.97. The van der Waals surface area contributed by atoms with Gasteiger partial charge >= 0.3 is 0 Å². The Labute approximate surface area is 151 Å². The third-order valence-corrected chi connectivity index (χ3v) is 3.50. The average molecular weight is 359 g/mol. The second-order valence-electron chi connectivity index (χ2n) is 5.48. The average Bonchev–Trinajstić information content (AvgIpc) is 2.64. The minimum Gasteiger partial charge on any atom is -0.383 e. The van der Waals surface area contributed by atoms with Gasteiger partial charge in [0.25, 0.3) is 5.69 Å². The molecule has 2 aromatic carbocycles. The van der Waals surface area contributed by atoms with Crippen molar-refractivity contribution in [2.24, 2.45) is 4.99 Å². The maximum atomic E-state index is 12.9. The molecule has 0 unspecified atom stereocenters. The quantitative estimate of drug-likeness (QED) is 0.222. The first-order chi connectivity index (χ1) is 12.6. The van der Waals surface area contributed by atoms with E-state index in [0.717, 1.165) is 17.8 Å². The van der Waals surface area contributed by atoms with Crippen molar-refractivity contribution in [2.45, 2.75) is 13.5 Å². The molecule has 0 spiro atoms. The predicted molar refractivity (Wildman–Crippen MR) is 101 cm³/mol. The number of benzene rings is 2. The monoisotopic (exact) mass is 359 g/mol. The number of nitrogens with zero attached hydrogens (tertiary/aromatic N) is 2. The molecule has 0 bridgehead atoms. The van der Waals surface area contributed by atoms with Gasteiger partial charge in [-0.1, -0.05) is 12.1 Å². The van der Waals surface area contributed by atoms with Gasteiger partial charge in [-0.3, -0.25) is 10.1 Å². The fourth-order valence-corrected chi connectivity index (χ4v) is 2.19. The zero-order valence-corrected chi connectivity index (χ0v) is 14.5. The summed E-state index contributed by atoms with van der Waals surface area (Å²) >= 11 is 0. The first kappa shape index (κ1) is 19.2. The molecule has 0 atom stereocenters. The number of nitro groups is 1. The molecular formula is C18H22FN5O2. The molecule has 0 saturated heterocycles. The number of aliphatic imine (C=N–C) groups is 1. The van der Waals surface area contributed by atoms with Gasteiger partial charge in [0.2, 0.25) is 0 Å².